The Morgan fingerprint density at radius 2 is 1.93 bits per heavy atom. The van der Waals surface area contributed by atoms with Gasteiger partial charge in [-0.15, -0.1) is 12.4 Å². The first kappa shape index (κ1) is 11.3. The van der Waals surface area contributed by atoms with Crippen molar-refractivity contribution < 1.29 is 0 Å². The van der Waals surface area contributed by atoms with E-state index in [1.54, 1.807) is 0 Å². The molecule has 2 rings (SSSR count). The van der Waals surface area contributed by atoms with Gasteiger partial charge >= 0.3 is 0 Å². The summed E-state index contributed by atoms with van der Waals surface area (Å²) in [5.41, 5.74) is 8.40. The third kappa shape index (κ3) is 2.60. The van der Waals surface area contributed by atoms with Crippen molar-refractivity contribution in [3.8, 4) is 0 Å². The second-order valence-electron chi connectivity index (χ2n) is 3.78. The van der Waals surface area contributed by atoms with Crippen molar-refractivity contribution in [1.82, 2.24) is 0 Å². The van der Waals surface area contributed by atoms with Crippen LogP contribution in [0.4, 0.5) is 0 Å². The van der Waals surface area contributed by atoms with Gasteiger partial charge < -0.3 is 5.73 Å². The maximum atomic E-state index is 5.75. The predicted octanol–water partition coefficient (Wildman–Crippen LogP) is 2.86. The Bertz CT molecular complexity index is 318. The van der Waals surface area contributed by atoms with Crippen LogP contribution in [0.5, 0.6) is 0 Å². The number of halogens is 1. The van der Waals surface area contributed by atoms with Crippen LogP contribution < -0.4 is 5.73 Å². The standard InChI is InChI=1S/C12H15N.ClH/c1-9(7-11-8-12(11)13)10-5-3-2-4-6-10;/h2-7,11-12H,8,13H2,1H3;1H. The van der Waals surface area contributed by atoms with E-state index < -0.39 is 0 Å². The second-order valence-corrected chi connectivity index (χ2v) is 3.78. The van der Waals surface area contributed by atoms with Crippen molar-refractivity contribution in [2.75, 3.05) is 0 Å². The largest absolute Gasteiger partial charge is 0.327 e. The SMILES string of the molecule is CC(=CC1CC1N)c1ccccc1.Cl. The maximum absolute atomic E-state index is 5.75. The van der Waals surface area contributed by atoms with Crippen LogP contribution in [-0.4, -0.2) is 6.04 Å². The Morgan fingerprint density at radius 3 is 2.43 bits per heavy atom. The smallest absolute Gasteiger partial charge is 0.0109 e. The van der Waals surface area contributed by atoms with Crippen molar-refractivity contribution in [3.05, 3.63) is 42.0 Å². The second kappa shape index (κ2) is 4.63. The molecule has 0 aromatic heterocycles. The summed E-state index contributed by atoms with van der Waals surface area (Å²) in [6.45, 7) is 2.15. The molecular formula is C12H16ClN. The van der Waals surface area contributed by atoms with E-state index in [0.717, 1.165) is 6.42 Å². The van der Waals surface area contributed by atoms with Gasteiger partial charge in [0.05, 0.1) is 0 Å². The summed E-state index contributed by atoms with van der Waals surface area (Å²) >= 11 is 0. The molecule has 0 amide bonds. The molecule has 1 nitrogen and oxygen atoms in total. The lowest BCUT2D eigenvalue weighted by molar-refractivity contribution is 0.976. The summed E-state index contributed by atoms with van der Waals surface area (Å²) in [4.78, 5) is 0. The molecular weight excluding hydrogens is 194 g/mol. The zero-order valence-corrected chi connectivity index (χ0v) is 9.13. The topological polar surface area (TPSA) is 26.0 Å². The minimum Gasteiger partial charge on any atom is -0.327 e. The number of hydrogen-bond donors (Lipinski definition) is 1. The van der Waals surface area contributed by atoms with Crippen molar-refractivity contribution in [3.63, 3.8) is 0 Å². The Labute approximate surface area is 91.4 Å². The fraction of sp³-hybridized carbons (Fsp3) is 0.333. The average Bonchev–Trinajstić information content (AvgIpc) is 2.83. The Balaban J connectivity index is 0.000000980. The van der Waals surface area contributed by atoms with Crippen LogP contribution in [0.25, 0.3) is 5.57 Å². The molecule has 0 saturated heterocycles. The van der Waals surface area contributed by atoms with E-state index in [0.29, 0.717) is 12.0 Å². The zero-order chi connectivity index (χ0) is 9.26. The Hall–Kier alpha value is -0.790. The van der Waals surface area contributed by atoms with Crippen LogP contribution >= 0.6 is 12.4 Å². The molecule has 0 bridgehead atoms. The van der Waals surface area contributed by atoms with Crippen LogP contribution in [0, 0.1) is 5.92 Å². The summed E-state index contributed by atoms with van der Waals surface area (Å²) in [7, 11) is 0. The molecule has 76 valence electrons. The van der Waals surface area contributed by atoms with Gasteiger partial charge in [0.25, 0.3) is 0 Å². The van der Waals surface area contributed by atoms with Gasteiger partial charge in [-0.25, -0.2) is 0 Å². The molecule has 2 N–H and O–H groups in total. The van der Waals surface area contributed by atoms with E-state index in [9.17, 15) is 0 Å². The molecule has 2 atom stereocenters. The van der Waals surface area contributed by atoms with Crippen LogP contribution in [0.2, 0.25) is 0 Å². The fourth-order valence-corrected chi connectivity index (χ4v) is 1.55. The van der Waals surface area contributed by atoms with Crippen LogP contribution in [-0.2, 0) is 0 Å². The molecule has 0 spiro atoms. The lowest BCUT2D eigenvalue weighted by atomic mass is 10.1. The molecule has 1 fully saturated rings. The maximum Gasteiger partial charge on any atom is 0.0109 e. The molecule has 1 aliphatic rings. The minimum atomic E-state index is 0. The summed E-state index contributed by atoms with van der Waals surface area (Å²) in [6, 6.07) is 10.9. The van der Waals surface area contributed by atoms with Crippen molar-refractivity contribution in [2.45, 2.75) is 19.4 Å². The van der Waals surface area contributed by atoms with E-state index in [2.05, 4.69) is 37.3 Å². The van der Waals surface area contributed by atoms with Gasteiger partial charge in [0.15, 0.2) is 0 Å². The predicted molar refractivity (Wildman–Crippen MR) is 63.4 cm³/mol. The summed E-state index contributed by atoms with van der Waals surface area (Å²) in [5, 5.41) is 0. The molecule has 0 heterocycles. The van der Waals surface area contributed by atoms with Crippen LogP contribution in [0.3, 0.4) is 0 Å². The van der Waals surface area contributed by atoms with Gasteiger partial charge in [-0.05, 0) is 30.4 Å². The quantitative estimate of drug-likeness (QED) is 0.797. The highest BCUT2D eigenvalue weighted by Gasteiger charge is 2.30. The molecule has 2 unspecified atom stereocenters. The van der Waals surface area contributed by atoms with E-state index in [-0.39, 0.29) is 12.4 Å². The van der Waals surface area contributed by atoms with E-state index in [1.807, 2.05) is 6.07 Å². The lowest BCUT2D eigenvalue weighted by Gasteiger charge is -1.99. The highest BCUT2D eigenvalue weighted by Crippen LogP contribution is 2.32. The summed E-state index contributed by atoms with van der Waals surface area (Å²) < 4.78 is 0. The monoisotopic (exact) mass is 209 g/mol. The molecule has 0 aliphatic heterocycles. The van der Waals surface area contributed by atoms with Gasteiger partial charge in [0.1, 0.15) is 0 Å². The average molecular weight is 210 g/mol. The van der Waals surface area contributed by atoms with Gasteiger partial charge in [0, 0.05) is 6.04 Å². The molecule has 14 heavy (non-hydrogen) atoms. The molecule has 1 aromatic carbocycles. The fourth-order valence-electron chi connectivity index (χ4n) is 1.55. The summed E-state index contributed by atoms with van der Waals surface area (Å²) in [5.74, 6) is 0.625. The first-order chi connectivity index (χ1) is 6.27. The number of allylic oxidation sites excluding steroid dienone is 1. The molecule has 2 heteroatoms. The third-order valence-corrected chi connectivity index (χ3v) is 2.58. The van der Waals surface area contributed by atoms with Gasteiger partial charge in [-0.3, -0.25) is 0 Å². The van der Waals surface area contributed by atoms with Crippen LogP contribution in [0.15, 0.2) is 36.4 Å². The van der Waals surface area contributed by atoms with E-state index in [1.165, 1.54) is 11.1 Å². The molecule has 1 aromatic rings. The third-order valence-electron chi connectivity index (χ3n) is 2.58. The number of benzene rings is 1. The first-order valence-corrected chi connectivity index (χ1v) is 4.77. The normalized spacial score (nSPS) is 25.4. The molecule has 1 aliphatic carbocycles. The highest BCUT2D eigenvalue weighted by atomic mass is 35.5. The van der Waals surface area contributed by atoms with Gasteiger partial charge in [-0.2, -0.15) is 0 Å². The first-order valence-electron chi connectivity index (χ1n) is 4.77. The van der Waals surface area contributed by atoms with Crippen LogP contribution in [0.1, 0.15) is 18.9 Å². The highest BCUT2D eigenvalue weighted by molar-refractivity contribution is 5.85. The van der Waals surface area contributed by atoms with E-state index in [4.69, 9.17) is 5.73 Å². The van der Waals surface area contributed by atoms with Gasteiger partial charge in [0.2, 0.25) is 0 Å². The summed E-state index contributed by atoms with van der Waals surface area (Å²) in [6.07, 6.45) is 3.45. The van der Waals surface area contributed by atoms with Crippen molar-refractivity contribution >= 4 is 18.0 Å². The zero-order valence-electron chi connectivity index (χ0n) is 8.31. The minimum absolute atomic E-state index is 0. The number of hydrogen-bond acceptors (Lipinski definition) is 1. The van der Waals surface area contributed by atoms with Crippen molar-refractivity contribution in [1.29, 1.82) is 0 Å². The van der Waals surface area contributed by atoms with E-state index >= 15 is 0 Å². The number of nitrogens with two attached hydrogens (primary N) is 1. The Morgan fingerprint density at radius 1 is 1.36 bits per heavy atom. The molecule has 0 radical (unpaired) electrons. The molecule has 1 saturated carbocycles. The lowest BCUT2D eigenvalue weighted by Crippen LogP contribution is -2.00. The Kier molecular flexibility index (Phi) is 3.73. The van der Waals surface area contributed by atoms with Gasteiger partial charge in [-0.1, -0.05) is 36.4 Å². The van der Waals surface area contributed by atoms with Crippen molar-refractivity contribution in [2.24, 2.45) is 11.7 Å². The number of rotatable bonds is 2.